The van der Waals surface area contributed by atoms with Crippen molar-refractivity contribution in [2.75, 3.05) is 18.1 Å². The number of nitrogens with one attached hydrogen (secondary N) is 1. The van der Waals surface area contributed by atoms with Crippen molar-refractivity contribution in [2.45, 2.75) is 38.4 Å². The zero-order valence-electron chi connectivity index (χ0n) is 17.9. The Labute approximate surface area is 188 Å². The minimum absolute atomic E-state index is 0.0469. The van der Waals surface area contributed by atoms with Crippen LogP contribution in [0.25, 0.3) is 11.1 Å². The van der Waals surface area contributed by atoms with Crippen molar-refractivity contribution in [1.82, 2.24) is 10.3 Å². The lowest BCUT2D eigenvalue weighted by Gasteiger charge is -2.26. The fourth-order valence-corrected chi connectivity index (χ4v) is 3.77. The van der Waals surface area contributed by atoms with Crippen LogP contribution in [0.5, 0.6) is 0 Å². The molecule has 10 heteroatoms. The monoisotopic (exact) mass is 463 g/mol. The molecular formula is C23H24F3N3O4. The first kappa shape index (κ1) is 24.4. The lowest BCUT2D eigenvalue weighted by atomic mass is 9.95. The summed E-state index contributed by atoms with van der Waals surface area (Å²) in [5.41, 5.74) is 1.84. The summed E-state index contributed by atoms with van der Waals surface area (Å²) >= 11 is 0. The summed E-state index contributed by atoms with van der Waals surface area (Å²) in [5.74, 6) is -2.41. The standard InChI is InChI=1S/C23H24F3N3O4/c1-14(13-15(31)8-9-23(24,25)26)21(32)28-19-17-6-3-2-5-16(17)18-7-4-10-27-20(18)29(11-12-30)22(19)33/h2-7,10,14,19,30H,8-9,11-13H2,1H3,(H,28,32)/t14-,19+/m1/s1. The highest BCUT2D eigenvalue weighted by atomic mass is 19.4. The Morgan fingerprint density at radius 1 is 1.18 bits per heavy atom. The molecule has 2 aromatic rings. The number of halogens is 3. The zero-order chi connectivity index (χ0) is 24.2. The summed E-state index contributed by atoms with van der Waals surface area (Å²) < 4.78 is 37.1. The predicted octanol–water partition coefficient (Wildman–Crippen LogP) is 3.18. The van der Waals surface area contributed by atoms with E-state index in [-0.39, 0.29) is 19.6 Å². The van der Waals surface area contributed by atoms with Gasteiger partial charge < -0.3 is 10.4 Å². The molecule has 0 saturated carbocycles. The van der Waals surface area contributed by atoms with Crippen molar-refractivity contribution in [1.29, 1.82) is 0 Å². The summed E-state index contributed by atoms with van der Waals surface area (Å²) in [6, 6.07) is 9.35. The first-order chi connectivity index (χ1) is 15.6. The molecule has 2 amide bonds. The van der Waals surface area contributed by atoms with Gasteiger partial charge in [0.25, 0.3) is 5.91 Å². The number of rotatable bonds is 8. The van der Waals surface area contributed by atoms with Gasteiger partial charge in [0, 0.05) is 30.5 Å². The van der Waals surface area contributed by atoms with Crippen LogP contribution in [0.3, 0.4) is 0 Å². The quantitative estimate of drug-likeness (QED) is 0.627. The third-order valence-electron chi connectivity index (χ3n) is 5.40. The van der Waals surface area contributed by atoms with Gasteiger partial charge in [-0.2, -0.15) is 13.2 Å². The maximum atomic E-state index is 13.4. The third kappa shape index (κ3) is 5.75. The smallest absolute Gasteiger partial charge is 0.389 e. The maximum absolute atomic E-state index is 13.4. The number of ketones is 1. The summed E-state index contributed by atoms with van der Waals surface area (Å²) in [6.45, 7) is 1.05. The molecule has 3 rings (SSSR count). The summed E-state index contributed by atoms with van der Waals surface area (Å²) in [5, 5.41) is 12.2. The molecule has 7 nitrogen and oxygen atoms in total. The van der Waals surface area contributed by atoms with Gasteiger partial charge in [-0.05, 0) is 23.3 Å². The lowest BCUT2D eigenvalue weighted by Crippen LogP contribution is -2.45. The van der Waals surface area contributed by atoms with Gasteiger partial charge in [-0.1, -0.05) is 31.2 Å². The van der Waals surface area contributed by atoms with Crippen molar-refractivity contribution in [3.05, 3.63) is 48.2 Å². The SMILES string of the molecule is C[C@H](CC(=O)CCC(F)(F)F)C(=O)N[C@@H]1C(=O)N(CCO)c2ncccc2-c2ccccc21. The molecule has 1 aliphatic heterocycles. The van der Waals surface area contributed by atoms with Gasteiger partial charge in [-0.3, -0.25) is 19.3 Å². The Balaban J connectivity index is 1.85. The second kappa shape index (κ2) is 10.1. The molecule has 2 N–H and O–H groups in total. The van der Waals surface area contributed by atoms with Crippen LogP contribution >= 0.6 is 0 Å². The molecule has 0 radical (unpaired) electrons. The lowest BCUT2D eigenvalue weighted by molar-refractivity contribution is -0.144. The number of anilines is 1. The number of aliphatic hydroxyl groups excluding tert-OH is 1. The van der Waals surface area contributed by atoms with E-state index in [9.17, 15) is 32.7 Å². The van der Waals surface area contributed by atoms with Crippen LogP contribution in [0.15, 0.2) is 42.6 Å². The van der Waals surface area contributed by atoms with Crippen LogP contribution in [-0.4, -0.2) is 47.0 Å². The number of hydrogen-bond donors (Lipinski definition) is 2. The molecule has 33 heavy (non-hydrogen) atoms. The second-order valence-electron chi connectivity index (χ2n) is 7.88. The molecule has 2 heterocycles. The fraction of sp³-hybridized carbons (Fsp3) is 0.391. The molecular weight excluding hydrogens is 439 g/mol. The summed E-state index contributed by atoms with van der Waals surface area (Å²) in [6.07, 6.45) is -5.23. The summed E-state index contributed by atoms with van der Waals surface area (Å²) in [4.78, 5) is 43.8. The van der Waals surface area contributed by atoms with Crippen LogP contribution in [-0.2, 0) is 14.4 Å². The minimum Gasteiger partial charge on any atom is -0.395 e. The highest BCUT2D eigenvalue weighted by Crippen LogP contribution is 2.38. The maximum Gasteiger partial charge on any atom is 0.389 e. The number of fused-ring (bicyclic) bond motifs is 3. The molecule has 0 spiro atoms. The zero-order valence-corrected chi connectivity index (χ0v) is 17.9. The average molecular weight is 463 g/mol. The van der Waals surface area contributed by atoms with E-state index < -0.39 is 48.6 Å². The number of carbonyl (C=O) groups is 3. The van der Waals surface area contributed by atoms with E-state index in [2.05, 4.69) is 10.3 Å². The highest BCUT2D eigenvalue weighted by Gasteiger charge is 2.36. The average Bonchev–Trinajstić information content (AvgIpc) is 2.87. The van der Waals surface area contributed by atoms with Gasteiger partial charge in [-0.15, -0.1) is 0 Å². The van der Waals surface area contributed by atoms with E-state index in [0.717, 1.165) is 0 Å². The Kier molecular flexibility index (Phi) is 7.47. The van der Waals surface area contributed by atoms with E-state index >= 15 is 0 Å². The van der Waals surface area contributed by atoms with Crippen molar-refractivity contribution in [3.63, 3.8) is 0 Å². The number of alkyl halides is 3. The van der Waals surface area contributed by atoms with Crippen molar-refractivity contribution >= 4 is 23.4 Å². The predicted molar refractivity (Wildman–Crippen MR) is 114 cm³/mol. The number of hydrogen-bond acceptors (Lipinski definition) is 5. The first-order valence-corrected chi connectivity index (χ1v) is 10.5. The molecule has 0 fully saturated rings. The number of aliphatic hydroxyl groups is 1. The van der Waals surface area contributed by atoms with E-state index in [1.54, 1.807) is 36.4 Å². The van der Waals surface area contributed by atoms with E-state index in [4.69, 9.17) is 0 Å². The number of Topliss-reactive ketones (excluding diaryl/α,β-unsaturated/α-hetero) is 1. The first-order valence-electron chi connectivity index (χ1n) is 10.5. The number of aromatic nitrogens is 1. The van der Waals surface area contributed by atoms with Gasteiger partial charge in [0.1, 0.15) is 17.6 Å². The van der Waals surface area contributed by atoms with Gasteiger partial charge in [0.05, 0.1) is 19.6 Å². The topological polar surface area (TPSA) is 99.6 Å². The van der Waals surface area contributed by atoms with Crippen LogP contribution in [0.2, 0.25) is 0 Å². The second-order valence-corrected chi connectivity index (χ2v) is 7.88. The van der Waals surface area contributed by atoms with Gasteiger partial charge in [-0.25, -0.2) is 4.98 Å². The number of pyridine rings is 1. The number of benzene rings is 1. The number of β-amino-alcohol motifs (C(OH)–C–C–N with tert-alkyl or cyclic N) is 1. The molecule has 176 valence electrons. The Morgan fingerprint density at radius 3 is 2.58 bits per heavy atom. The molecule has 1 aromatic heterocycles. The molecule has 1 aliphatic rings. The van der Waals surface area contributed by atoms with Crippen LogP contribution in [0, 0.1) is 5.92 Å². The van der Waals surface area contributed by atoms with E-state index in [0.29, 0.717) is 22.5 Å². The van der Waals surface area contributed by atoms with Crippen LogP contribution < -0.4 is 10.2 Å². The number of nitrogens with zero attached hydrogens (tertiary/aromatic N) is 2. The molecule has 1 aromatic carbocycles. The summed E-state index contributed by atoms with van der Waals surface area (Å²) in [7, 11) is 0. The fourth-order valence-electron chi connectivity index (χ4n) is 3.77. The number of carbonyl (C=O) groups excluding carboxylic acids is 3. The minimum atomic E-state index is -4.45. The normalized spacial score (nSPS) is 16.5. The highest BCUT2D eigenvalue weighted by molar-refractivity contribution is 6.05. The van der Waals surface area contributed by atoms with Crippen LogP contribution in [0.4, 0.5) is 19.0 Å². The number of amides is 2. The van der Waals surface area contributed by atoms with E-state index in [1.807, 2.05) is 0 Å². The Bertz CT molecular complexity index is 1040. The van der Waals surface area contributed by atoms with Crippen molar-refractivity contribution in [3.8, 4) is 11.1 Å². The third-order valence-corrected chi connectivity index (χ3v) is 5.40. The largest absolute Gasteiger partial charge is 0.395 e. The van der Waals surface area contributed by atoms with Crippen molar-refractivity contribution < 1.29 is 32.7 Å². The van der Waals surface area contributed by atoms with Gasteiger partial charge >= 0.3 is 6.18 Å². The molecule has 0 unspecified atom stereocenters. The molecule has 0 aliphatic carbocycles. The van der Waals surface area contributed by atoms with Gasteiger partial charge in [0.15, 0.2) is 0 Å². The molecule has 2 atom stereocenters. The Hall–Kier alpha value is -3.27. The van der Waals surface area contributed by atoms with Gasteiger partial charge in [0.2, 0.25) is 5.91 Å². The van der Waals surface area contributed by atoms with Crippen LogP contribution in [0.1, 0.15) is 37.8 Å². The van der Waals surface area contributed by atoms with Crippen molar-refractivity contribution in [2.24, 2.45) is 5.92 Å². The Morgan fingerprint density at radius 2 is 1.88 bits per heavy atom. The van der Waals surface area contributed by atoms with E-state index in [1.165, 1.54) is 18.0 Å². The molecule has 0 saturated heterocycles. The molecule has 0 bridgehead atoms.